The predicted octanol–water partition coefficient (Wildman–Crippen LogP) is 1.43. The van der Waals surface area contributed by atoms with Crippen molar-refractivity contribution in [3.63, 3.8) is 0 Å². The molecule has 2 nitrogen and oxygen atoms in total. The molecule has 0 aromatic rings. The summed E-state index contributed by atoms with van der Waals surface area (Å²) in [5.74, 6) is -3.24. The van der Waals surface area contributed by atoms with Crippen LogP contribution in [0.15, 0.2) is 0 Å². The van der Waals surface area contributed by atoms with E-state index in [2.05, 4.69) is 4.89 Å². The van der Waals surface area contributed by atoms with Gasteiger partial charge in [-0.3, -0.25) is 0 Å². The van der Waals surface area contributed by atoms with Crippen LogP contribution >= 0.6 is 0 Å². The fraction of sp³-hybridized carbons (Fsp3) is 1.00. The second-order valence-corrected chi connectivity index (χ2v) is 1.38. The average molecular weight is 130 g/mol. The topological polar surface area (TPSA) is 29.5 Å². The molecule has 0 fully saturated rings. The minimum absolute atomic E-state index is 0.428. The molecule has 0 aliphatic rings. The van der Waals surface area contributed by atoms with Gasteiger partial charge >= 0.3 is 0 Å². The highest BCUT2D eigenvalue weighted by Crippen LogP contribution is 2.19. The lowest BCUT2D eigenvalue weighted by atomic mass is 10.4. The van der Waals surface area contributed by atoms with Crippen LogP contribution in [-0.4, -0.2) is 17.5 Å². The van der Waals surface area contributed by atoms with Gasteiger partial charge in [0.1, 0.15) is 0 Å². The Morgan fingerprint density at radius 1 is 1.62 bits per heavy atom. The van der Waals surface area contributed by atoms with Crippen molar-refractivity contribution in [2.75, 3.05) is 0 Å². The molecule has 1 N–H and O–H groups in total. The Morgan fingerprint density at radius 2 is 2.00 bits per heavy atom. The van der Waals surface area contributed by atoms with E-state index in [-0.39, 0.29) is 0 Å². The number of alkyl halides is 3. The smallest absolute Gasteiger partial charge is 0.248 e. The average Bonchev–Trinajstić information content (AvgIpc) is 1.67. The fourth-order valence-electron chi connectivity index (χ4n) is 0.0398. The van der Waals surface area contributed by atoms with Gasteiger partial charge in [-0.1, -0.05) is 0 Å². The second-order valence-electron chi connectivity index (χ2n) is 1.38. The molecule has 0 bridgehead atoms. The van der Waals surface area contributed by atoms with Crippen molar-refractivity contribution in [2.24, 2.45) is 0 Å². The highest BCUT2D eigenvalue weighted by molar-refractivity contribution is 4.59. The number of hydrogen-bond donors (Lipinski definition) is 1. The van der Waals surface area contributed by atoms with E-state index in [0.717, 1.165) is 0 Å². The zero-order chi connectivity index (χ0) is 6.78. The van der Waals surface area contributed by atoms with Crippen LogP contribution in [0.5, 0.6) is 0 Å². The third-order valence-corrected chi connectivity index (χ3v) is 0.568. The first-order valence-electron chi connectivity index (χ1n) is 1.80. The second kappa shape index (κ2) is 2.32. The van der Waals surface area contributed by atoms with E-state index in [1.54, 1.807) is 0 Å². The Hall–Kier alpha value is -0.290. The lowest BCUT2D eigenvalue weighted by Gasteiger charge is -2.13. The van der Waals surface area contributed by atoms with Gasteiger partial charge in [0.2, 0.25) is 0 Å². The first kappa shape index (κ1) is 7.71. The molecule has 0 aliphatic heterocycles. The Kier molecular flexibility index (Phi) is 2.24. The van der Waals surface area contributed by atoms with Crippen LogP contribution in [0.1, 0.15) is 6.92 Å². The van der Waals surface area contributed by atoms with E-state index in [1.165, 1.54) is 0 Å². The van der Waals surface area contributed by atoms with Crippen molar-refractivity contribution in [2.45, 2.75) is 19.2 Å². The molecule has 0 aromatic carbocycles. The Morgan fingerprint density at radius 3 is 2.00 bits per heavy atom. The summed E-state index contributed by atoms with van der Waals surface area (Å²) in [5, 5.41) is 7.41. The molecule has 50 valence electrons. The van der Waals surface area contributed by atoms with Gasteiger partial charge < -0.3 is 0 Å². The number of hydrogen-bond acceptors (Lipinski definition) is 2. The molecular weight excluding hydrogens is 125 g/mol. The maximum atomic E-state index is 11.7. The summed E-state index contributed by atoms with van der Waals surface area (Å²) in [6.45, 7) is 0.428. The van der Waals surface area contributed by atoms with Crippen molar-refractivity contribution in [3.05, 3.63) is 0 Å². The molecule has 0 saturated carbocycles. The van der Waals surface area contributed by atoms with Gasteiger partial charge in [-0.2, -0.15) is 4.89 Å². The third kappa shape index (κ3) is 1.67. The van der Waals surface area contributed by atoms with Crippen LogP contribution in [0.25, 0.3) is 0 Å². The fourth-order valence-corrected chi connectivity index (χ4v) is 0.0398. The van der Waals surface area contributed by atoms with Gasteiger partial charge in [0, 0.05) is 6.92 Å². The monoisotopic (exact) mass is 130 g/mol. The van der Waals surface area contributed by atoms with E-state index < -0.39 is 12.3 Å². The molecule has 0 spiro atoms. The van der Waals surface area contributed by atoms with Crippen LogP contribution < -0.4 is 0 Å². The Balaban J connectivity index is 3.71. The largest absolute Gasteiger partial charge is 0.298 e. The highest BCUT2D eigenvalue weighted by atomic mass is 19.3. The quantitative estimate of drug-likeness (QED) is 0.452. The van der Waals surface area contributed by atoms with Crippen molar-refractivity contribution in [3.8, 4) is 0 Å². The zero-order valence-corrected chi connectivity index (χ0v) is 4.07. The summed E-state index contributed by atoms with van der Waals surface area (Å²) in [4.78, 5) is 2.78. The van der Waals surface area contributed by atoms with Crippen LogP contribution in [0.3, 0.4) is 0 Å². The van der Waals surface area contributed by atoms with Crippen molar-refractivity contribution >= 4 is 0 Å². The van der Waals surface area contributed by atoms with Crippen LogP contribution in [0.4, 0.5) is 13.2 Å². The minimum Gasteiger partial charge on any atom is -0.248 e. The SMILES string of the molecule is CC(F)(OO)C(F)F. The van der Waals surface area contributed by atoms with Crippen molar-refractivity contribution in [1.29, 1.82) is 0 Å². The number of halogens is 3. The van der Waals surface area contributed by atoms with Gasteiger partial charge in [-0.25, -0.2) is 18.4 Å². The first-order chi connectivity index (χ1) is 3.50. The molecule has 0 rings (SSSR count). The third-order valence-electron chi connectivity index (χ3n) is 0.568. The molecule has 0 heterocycles. The van der Waals surface area contributed by atoms with Crippen LogP contribution in [0, 0.1) is 0 Å². The lowest BCUT2D eigenvalue weighted by molar-refractivity contribution is -0.387. The summed E-state index contributed by atoms with van der Waals surface area (Å²) < 4.78 is 34.0. The number of rotatable bonds is 2. The molecule has 1 atom stereocenters. The van der Waals surface area contributed by atoms with Crippen molar-refractivity contribution < 1.29 is 23.3 Å². The summed E-state index contributed by atoms with van der Waals surface area (Å²) in [6, 6.07) is 0. The van der Waals surface area contributed by atoms with E-state index in [4.69, 9.17) is 5.26 Å². The standard InChI is InChI=1S/C3H5F3O2/c1-3(6,8-7)2(4)5/h2,7H,1H3. The molecule has 0 radical (unpaired) electrons. The molecular formula is C3H5F3O2. The maximum Gasteiger partial charge on any atom is 0.298 e. The van der Waals surface area contributed by atoms with Crippen LogP contribution in [0.2, 0.25) is 0 Å². The molecule has 0 amide bonds. The van der Waals surface area contributed by atoms with Crippen molar-refractivity contribution in [1.82, 2.24) is 0 Å². The van der Waals surface area contributed by atoms with E-state index in [1.807, 2.05) is 0 Å². The molecule has 8 heavy (non-hydrogen) atoms. The van der Waals surface area contributed by atoms with E-state index in [0.29, 0.717) is 6.92 Å². The zero-order valence-electron chi connectivity index (χ0n) is 4.07. The summed E-state index contributed by atoms with van der Waals surface area (Å²) in [7, 11) is 0. The van der Waals surface area contributed by atoms with Crippen LogP contribution in [-0.2, 0) is 4.89 Å². The predicted molar refractivity (Wildman–Crippen MR) is 19.2 cm³/mol. The van der Waals surface area contributed by atoms with Gasteiger partial charge in [0.05, 0.1) is 0 Å². The van der Waals surface area contributed by atoms with Gasteiger partial charge in [-0.05, 0) is 0 Å². The normalized spacial score (nSPS) is 18.8. The summed E-state index contributed by atoms with van der Waals surface area (Å²) in [5.41, 5.74) is 0. The first-order valence-corrected chi connectivity index (χ1v) is 1.80. The lowest BCUT2D eigenvalue weighted by Crippen LogP contribution is -2.30. The molecule has 0 aromatic heterocycles. The minimum atomic E-state index is -3.33. The maximum absolute atomic E-state index is 11.7. The summed E-state index contributed by atoms with van der Waals surface area (Å²) in [6.07, 6.45) is -3.33. The Bertz CT molecular complexity index is 72.9. The van der Waals surface area contributed by atoms with E-state index in [9.17, 15) is 13.2 Å². The van der Waals surface area contributed by atoms with Gasteiger partial charge in [0.15, 0.2) is 0 Å². The van der Waals surface area contributed by atoms with Gasteiger partial charge in [-0.15, -0.1) is 0 Å². The highest BCUT2D eigenvalue weighted by Gasteiger charge is 2.36. The molecule has 1 unspecified atom stereocenters. The molecule has 0 saturated heterocycles. The molecule has 5 heteroatoms. The Labute approximate surface area is 43.8 Å². The van der Waals surface area contributed by atoms with Gasteiger partial charge in [0.25, 0.3) is 12.3 Å². The van der Waals surface area contributed by atoms with E-state index >= 15 is 0 Å². The molecule has 0 aliphatic carbocycles. The summed E-state index contributed by atoms with van der Waals surface area (Å²) >= 11 is 0.